The average Bonchev–Trinajstić information content (AvgIpc) is 4.08. The number of hydrogen-bond acceptors (Lipinski definition) is 4. The summed E-state index contributed by atoms with van der Waals surface area (Å²) in [6.45, 7) is 18.4. The topological polar surface area (TPSA) is 20.6 Å². The van der Waals surface area contributed by atoms with E-state index in [-0.39, 0.29) is 23.0 Å². The second-order valence-corrected chi connectivity index (χ2v) is 25.1. The van der Waals surface area contributed by atoms with Crippen LogP contribution in [0, 0.1) is 0 Å². The van der Waals surface area contributed by atoms with Gasteiger partial charge in [0.1, 0.15) is 11.5 Å². The highest BCUT2D eigenvalue weighted by Gasteiger charge is 2.49. The zero-order valence-electron chi connectivity index (χ0n) is 44.9. The highest BCUT2D eigenvalue weighted by Crippen LogP contribution is 2.55. The Morgan fingerprint density at radius 1 is 0.481 bits per heavy atom. The molecule has 0 fully saturated rings. The van der Waals surface area contributed by atoms with Crippen LogP contribution in [0.3, 0.4) is 0 Å². The molecule has 3 aliphatic rings. The van der Waals surface area contributed by atoms with Crippen molar-refractivity contribution >= 4 is 111 Å². The van der Waals surface area contributed by atoms with Gasteiger partial charge in [-0.2, -0.15) is 0 Å². The Kier molecular flexibility index (Phi) is 9.77. The van der Waals surface area contributed by atoms with Crippen LogP contribution in [0.4, 0.5) is 34.1 Å². The number of nitrogens with zero attached hydrogens (tertiary/aromatic N) is 3. The third-order valence-corrected chi connectivity index (χ3v) is 18.3. The van der Waals surface area contributed by atoms with Crippen molar-refractivity contribution in [3.05, 3.63) is 229 Å². The third-order valence-electron chi connectivity index (χ3n) is 17.1. The number of thiophene rings is 1. The maximum absolute atomic E-state index is 7.53. The predicted molar refractivity (Wildman–Crippen MR) is 329 cm³/mol. The highest BCUT2D eigenvalue weighted by molar-refractivity contribution is 7.26. The Balaban J connectivity index is 1.03. The van der Waals surface area contributed by atoms with Crippen molar-refractivity contribution in [2.45, 2.75) is 71.6 Å². The molecule has 6 heteroatoms. The third kappa shape index (κ3) is 6.71. The second-order valence-electron chi connectivity index (χ2n) is 24.1. The minimum atomic E-state index is -0.335. The first kappa shape index (κ1) is 46.0. The largest absolute Gasteiger partial charge is 0.458 e. The Labute approximate surface area is 455 Å². The van der Waals surface area contributed by atoms with Crippen molar-refractivity contribution in [2.24, 2.45) is 0 Å². The number of benzene rings is 10. The predicted octanol–water partition coefficient (Wildman–Crippen LogP) is 17.9. The second kappa shape index (κ2) is 16.3. The molecule has 372 valence electrons. The maximum Gasteiger partial charge on any atom is 0.257 e. The molecule has 0 bridgehead atoms. The van der Waals surface area contributed by atoms with Gasteiger partial charge in [0, 0.05) is 66.2 Å². The summed E-state index contributed by atoms with van der Waals surface area (Å²) in [5, 5.41) is 5.04. The van der Waals surface area contributed by atoms with Crippen LogP contribution in [-0.2, 0) is 16.2 Å². The van der Waals surface area contributed by atoms with E-state index in [0.717, 1.165) is 51.3 Å². The average molecular weight is 1010 g/mol. The lowest BCUT2D eigenvalue weighted by atomic mass is 9.33. The van der Waals surface area contributed by atoms with E-state index in [1.807, 2.05) is 11.3 Å². The molecule has 2 aromatic heterocycles. The van der Waals surface area contributed by atoms with E-state index in [0.29, 0.717) is 0 Å². The molecule has 0 amide bonds. The smallest absolute Gasteiger partial charge is 0.257 e. The first-order valence-electron chi connectivity index (χ1n) is 27.2. The van der Waals surface area contributed by atoms with Crippen LogP contribution >= 0.6 is 11.3 Å². The van der Waals surface area contributed by atoms with Gasteiger partial charge in [-0.3, -0.25) is 0 Å². The molecule has 10 aromatic carbocycles. The molecule has 1 aliphatic carbocycles. The van der Waals surface area contributed by atoms with Gasteiger partial charge in [0.15, 0.2) is 0 Å². The fourth-order valence-electron chi connectivity index (χ4n) is 13.4. The van der Waals surface area contributed by atoms with E-state index in [1.165, 1.54) is 91.7 Å². The molecule has 0 radical (unpaired) electrons. The van der Waals surface area contributed by atoms with Crippen molar-refractivity contribution in [3.8, 4) is 28.3 Å². The molecule has 4 nitrogen and oxygen atoms in total. The van der Waals surface area contributed by atoms with E-state index in [1.54, 1.807) is 0 Å². The molecule has 0 saturated carbocycles. The summed E-state index contributed by atoms with van der Waals surface area (Å²) >= 11 is 1.88. The zero-order valence-corrected chi connectivity index (χ0v) is 45.7. The van der Waals surface area contributed by atoms with Crippen molar-refractivity contribution in [1.82, 2.24) is 4.57 Å². The molecule has 12 aromatic rings. The van der Waals surface area contributed by atoms with E-state index >= 15 is 0 Å². The number of para-hydroxylation sites is 2. The lowest BCUT2D eigenvalue weighted by Crippen LogP contribution is -2.60. The van der Waals surface area contributed by atoms with Gasteiger partial charge >= 0.3 is 0 Å². The Morgan fingerprint density at radius 2 is 1.05 bits per heavy atom. The maximum atomic E-state index is 7.53. The fraction of sp³-hybridized carbons (Fsp3) is 0.155. The molecule has 0 spiro atoms. The van der Waals surface area contributed by atoms with Crippen molar-refractivity contribution < 1.29 is 4.74 Å². The number of hydrogen-bond donors (Lipinski definition) is 0. The summed E-state index contributed by atoms with van der Waals surface area (Å²) in [4.78, 5) is 5.02. The molecule has 77 heavy (non-hydrogen) atoms. The number of ether oxygens (including phenoxy) is 1. The van der Waals surface area contributed by atoms with Gasteiger partial charge < -0.3 is 19.1 Å². The van der Waals surface area contributed by atoms with Crippen LogP contribution in [0.5, 0.6) is 11.5 Å². The number of anilines is 6. The molecular weight excluding hydrogens is 954 g/mol. The van der Waals surface area contributed by atoms with E-state index in [4.69, 9.17) is 4.74 Å². The molecule has 0 N–H and O–H groups in total. The molecule has 0 atom stereocenters. The minimum absolute atomic E-state index is 0.0179. The lowest BCUT2D eigenvalue weighted by molar-refractivity contribution is 0.487. The summed E-state index contributed by atoms with van der Waals surface area (Å²) in [5.41, 5.74) is 21.5. The van der Waals surface area contributed by atoms with Crippen LogP contribution in [0.1, 0.15) is 77.6 Å². The molecule has 2 aliphatic heterocycles. The van der Waals surface area contributed by atoms with Gasteiger partial charge in [0.25, 0.3) is 6.71 Å². The number of aromatic nitrogens is 1. The zero-order chi connectivity index (χ0) is 52.3. The van der Waals surface area contributed by atoms with Crippen LogP contribution in [0.2, 0.25) is 0 Å². The molecule has 0 saturated heterocycles. The molecular formula is C71H58BN3OS. The quantitative estimate of drug-likeness (QED) is 0.160. The Hall–Kier alpha value is -8.32. The van der Waals surface area contributed by atoms with E-state index in [9.17, 15) is 0 Å². The van der Waals surface area contributed by atoms with Crippen molar-refractivity contribution in [1.29, 1.82) is 0 Å². The Morgan fingerprint density at radius 3 is 1.73 bits per heavy atom. The van der Waals surface area contributed by atoms with Crippen LogP contribution < -0.4 is 30.9 Å². The van der Waals surface area contributed by atoms with E-state index < -0.39 is 0 Å². The van der Waals surface area contributed by atoms with Gasteiger partial charge in [0.2, 0.25) is 0 Å². The lowest BCUT2D eigenvalue weighted by Gasteiger charge is -2.41. The molecule has 0 unspecified atom stereocenters. The van der Waals surface area contributed by atoms with Gasteiger partial charge in [0.05, 0.1) is 27.1 Å². The fourth-order valence-corrected chi connectivity index (χ4v) is 14.6. The Bertz CT molecular complexity index is 4320. The van der Waals surface area contributed by atoms with Crippen LogP contribution in [-0.4, -0.2) is 11.3 Å². The SMILES string of the molecule is CC(C)(C)c1ccc(N(c2ccc(C(C)(C)C)cc2)c2ccc3c(c2)N(c2cccc4c2sc2ccccc24)c2cccc4c2B3c2c(cc(-n3c5ccccc5c5ccccc53)c3c2-c2ccccc2C3(C)C)O4)cc1. The first-order chi connectivity index (χ1) is 37.2. The standard InChI is InChI=1S/C71H58BN3OS/c1-69(2,3)43-31-35-45(36-32-43)73(46-37-33-44(34-38-46)70(4,5)6)47-39-40-54-59(41-47)75(58-28-17-23-51-50-21-12-16-30-63(50)77-68(51)58)57-27-18-29-61-66(57)72(54)67-62(76-61)42-60(65-64(67)52-22-9-13-24-53(52)71(65,7)8)74-55-25-14-10-19-48(55)49-20-11-15-26-56(49)74/h9-42H,1-8H3. The van der Waals surface area contributed by atoms with Crippen molar-refractivity contribution in [2.75, 3.05) is 9.80 Å². The minimum Gasteiger partial charge on any atom is -0.458 e. The number of fused-ring (bicyclic) bond motifs is 14. The summed E-state index contributed by atoms with van der Waals surface area (Å²) in [5.74, 6) is 1.79. The number of rotatable bonds is 5. The van der Waals surface area contributed by atoms with Crippen molar-refractivity contribution in [3.63, 3.8) is 0 Å². The highest BCUT2D eigenvalue weighted by atomic mass is 32.1. The van der Waals surface area contributed by atoms with E-state index in [2.05, 4.69) is 276 Å². The molecule has 15 rings (SSSR count). The summed E-state index contributed by atoms with van der Waals surface area (Å²) in [7, 11) is 0. The first-order valence-corrected chi connectivity index (χ1v) is 28.0. The summed E-state index contributed by atoms with van der Waals surface area (Å²) < 4.78 is 12.6. The van der Waals surface area contributed by atoms with Crippen LogP contribution in [0.15, 0.2) is 206 Å². The summed E-state index contributed by atoms with van der Waals surface area (Å²) in [6.07, 6.45) is 0. The molecule has 4 heterocycles. The van der Waals surface area contributed by atoms with Gasteiger partial charge in [-0.05, 0) is 133 Å². The van der Waals surface area contributed by atoms with Gasteiger partial charge in [-0.15, -0.1) is 11.3 Å². The summed E-state index contributed by atoms with van der Waals surface area (Å²) in [6, 6.07) is 77.5. The van der Waals surface area contributed by atoms with Crippen LogP contribution in [0.25, 0.3) is 58.8 Å². The monoisotopic (exact) mass is 1010 g/mol. The van der Waals surface area contributed by atoms with Gasteiger partial charge in [-0.1, -0.05) is 183 Å². The normalized spacial score (nSPS) is 14.1. The van der Waals surface area contributed by atoms with Gasteiger partial charge in [-0.25, -0.2) is 0 Å².